The summed E-state index contributed by atoms with van der Waals surface area (Å²) in [7, 11) is 0. The summed E-state index contributed by atoms with van der Waals surface area (Å²) in [6, 6.07) is 7.92. The van der Waals surface area contributed by atoms with Gasteiger partial charge in [0.05, 0.1) is 23.3 Å². The smallest absolute Gasteiger partial charge is 0.306 e. The molecule has 4 aromatic rings. The molecule has 1 aliphatic carbocycles. The summed E-state index contributed by atoms with van der Waals surface area (Å²) in [4.78, 5) is 16.4. The minimum absolute atomic E-state index is 0.000851. The van der Waals surface area contributed by atoms with Gasteiger partial charge in [0.15, 0.2) is 11.6 Å². The van der Waals surface area contributed by atoms with Crippen molar-refractivity contribution in [3.05, 3.63) is 53.9 Å². The van der Waals surface area contributed by atoms with Gasteiger partial charge in [-0.25, -0.2) is 13.8 Å². The molecule has 35 heavy (non-hydrogen) atoms. The summed E-state index contributed by atoms with van der Waals surface area (Å²) < 4.78 is 33.7. The molecule has 0 bridgehead atoms. The van der Waals surface area contributed by atoms with Crippen LogP contribution in [0.15, 0.2) is 36.5 Å². The summed E-state index contributed by atoms with van der Waals surface area (Å²) in [5.41, 5.74) is 2.98. The van der Waals surface area contributed by atoms with Crippen molar-refractivity contribution in [1.82, 2.24) is 15.2 Å². The number of fused-ring (bicyclic) bond motifs is 2. The number of carbonyl (C=O) groups is 1. The van der Waals surface area contributed by atoms with Crippen LogP contribution < -0.4 is 5.32 Å². The second-order valence-corrected chi connectivity index (χ2v) is 9.44. The molecular weight excluding hydrogens is 454 g/mol. The van der Waals surface area contributed by atoms with Crippen LogP contribution >= 0.6 is 0 Å². The van der Waals surface area contributed by atoms with Crippen molar-refractivity contribution in [3.63, 3.8) is 0 Å². The topological polar surface area (TPSA) is 100 Å². The standard InChI is InChI=1S/C26H24F2N4O3/c27-20-2-1-14(10-21(20)28)23-18-9-16-12-29-32-22(16)11-19(18)25(30-17-7-15(8-17)26(33)34)31-24(23)13-3-5-35-6-4-13/h1-2,9-13,15,17H,3-8H2,(H,29,32)(H,30,31)(H,33,34). The lowest BCUT2D eigenvalue weighted by atomic mass is 9.80. The number of hydrogen-bond acceptors (Lipinski definition) is 5. The monoisotopic (exact) mass is 478 g/mol. The first-order valence-electron chi connectivity index (χ1n) is 11.8. The van der Waals surface area contributed by atoms with Gasteiger partial charge in [-0.1, -0.05) is 6.07 Å². The Morgan fingerprint density at radius 1 is 1.09 bits per heavy atom. The van der Waals surface area contributed by atoms with Crippen molar-refractivity contribution in [3.8, 4) is 11.1 Å². The number of pyridine rings is 1. The second-order valence-electron chi connectivity index (χ2n) is 9.44. The highest BCUT2D eigenvalue weighted by Crippen LogP contribution is 2.43. The molecular formula is C26H24F2N4O3. The molecule has 2 aromatic carbocycles. The van der Waals surface area contributed by atoms with E-state index in [1.165, 1.54) is 6.07 Å². The number of halogens is 2. The lowest BCUT2D eigenvalue weighted by molar-refractivity contribution is -0.144. The van der Waals surface area contributed by atoms with Gasteiger partial charge >= 0.3 is 5.97 Å². The number of aliphatic carboxylic acids is 1. The molecule has 0 amide bonds. The van der Waals surface area contributed by atoms with Gasteiger partial charge in [-0.3, -0.25) is 9.89 Å². The van der Waals surface area contributed by atoms with E-state index in [9.17, 15) is 18.7 Å². The normalized spacial score (nSPS) is 20.7. The third kappa shape index (κ3) is 3.89. The van der Waals surface area contributed by atoms with Gasteiger partial charge in [0, 0.05) is 41.5 Å². The van der Waals surface area contributed by atoms with Gasteiger partial charge in [-0.05, 0) is 60.9 Å². The molecule has 1 saturated carbocycles. The molecule has 2 aliphatic rings. The Labute approximate surface area is 199 Å². The third-order valence-electron chi connectivity index (χ3n) is 7.24. The van der Waals surface area contributed by atoms with Crippen LogP contribution in [0.2, 0.25) is 0 Å². The molecule has 6 rings (SSSR count). The Bertz CT molecular complexity index is 1440. The summed E-state index contributed by atoms with van der Waals surface area (Å²) in [5, 5.41) is 22.5. The zero-order chi connectivity index (χ0) is 24.1. The summed E-state index contributed by atoms with van der Waals surface area (Å²) in [5.74, 6) is -2.18. The second kappa shape index (κ2) is 8.57. The Morgan fingerprint density at radius 3 is 2.63 bits per heavy atom. The molecule has 3 heterocycles. The van der Waals surface area contributed by atoms with Crippen LogP contribution in [-0.4, -0.2) is 45.5 Å². The molecule has 1 aliphatic heterocycles. The van der Waals surface area contributed by atoms with Crippen LogP contribution in [0.4, 0.5) is 14.6 Å². The van der Waals surface area contributed by atoms with E-state index in [4.69, 9.17) is 9.72 Å². The molecule has 2 fully saturated rings. The van der Waals surface area contributed by atoms with Crippen molar-refractivity contribution >= 4 is 33.5 Å². The lowest BCUT2D eigenvalue weighted by Gasteiger charge is -2.34. The van der Waals surface area contributed by atoms with E-state index < -0.39 is 17.6 Å². The number of carboxylic acids is 1. The van der Waals surface area contributed by atoms with Crippen LogP contribution in [0.25, 0.3) is 32.8 Å². The van der Waals surface area contributed by atoms with E-state index in [2.05, 4.69) is 15.5 Å². The first-order chi connectivity index (χ1) is 17.0. The predicted molar refractivity (Wildman–Crippen MR) is 127 cm³/mol. The number of ether oxygens (including phenoxy) is 1. The Hall–Kier alpha value is -3.59. The van der Waals surface area contributed by atoms with Gasteiger partial charge in [-0.15, -0.1) is 0 Å². The Morgan fingerprint density at radius 2 is 1.89 bits per heavy atom. The zero-order valence-electron chi connectivity index (χ0n) is 18.9. The number of anilines is 1. The number of rotatable bonds is 5. The van der Waals surface area contributed by atoms with Gasteiger partial charge in [0.1, 0.15) is 5.82 Å². The van der Waals surface area contributed by atoms with Crippen molar-refractivity contribution in [2.24, 2.45) is 5.92 Å². The van der Waals surface area contributed by atoms with E-state index >= 15 is 0 Å². The van der Waals surface area contributed by atoms with Crippen LogP contribution in [-0.2, 0) is 9.53 Å². The Balaban J connectivity index is 1.57. The Kier molecular flexibility index (Phi) is 5.36. The van der Waals surface area contributed by atoms with Gasteiger partial charge in [0.2, 0.25) is 0 Å². The lowest BCUT2D eigenvalue weighted by Crippen LogP contribution is -2.39. The fourth-order valence-corrected chi connectivity index (χ4v) is 5.23. The SMILES string of the molecule is O=C(O)C1CC(Nc2nc(C3CCOCC3)c(-c3ccc(F)c(F)c3)c3cc4cn[nH]c4cc23)C1. The molecule has 7 nitrogen and oxygen atoms in total. The average molecular weight is 478 g/mol. The van der Waals surface area contributed by atoms with Gasteiger partial charge in [-0.2, -0.15) is 5.10 Å². The molecule has 1 saturated heterocycles. The highest BCUT2D eigenvalue weighted by molar-refractivity contribution is 6.09. The summed E-state index contributed by atoms with van der Waals surface area (Å²) >= 11 is 0. The zero-order valence-corrected chi connectivity index (χ0v) is 18.9. The molecule has 0 spiro atoms. The van der Waals surface area contributed by atoms with Crippen LogP contribution in [0.1, 0.15) is 37.3 Å². The van der Waals surface area contributed by atoms with Crippen molar-refractivity contribution in [1.29, 1.82) is 0 Å². The maximum Gasteiger partial charge on any atom is 0.306 e. The van der Waals surface area contributed by atoms with Gasteiger partial charge < -0.3 is 15.2 Å². The first-order valence-corrected chi connectivity index (χ1v) is 11.8. The fourth-order valence-electron chi connectivity index (χ4n) is 5.23. The van der Waals surface area contributed by atoms with E-state index in [0.717, 1.165) is 51.8 Å². The van der Waals surface area contributed by atoms with Crippen molar-refractivity contribution in [2.45, 2.75) is 37.6 Å². The molecule has 180 valence electrons. The molecule has 2 aromatic heterocycles. The number of nitrogens with one attached hydrogen (secondary N) is 2. The summed E-state index contributed by atoms with van der Waals surface area (Å²) in [6.45, 7) is 1.21. The molecule has 9 heteroatoms. The number of aromatic nitrogens is 3. The highest BCUT2D eigenvalue weighted by atomic mass is 19.2. The largest absolute Gasteiger partial charge is 0.481 e. The molecule has 0 radical (unpaired) electrons. The van der Waals surface area contributed by atoms with E-state index in [1.54, 1.807) is 12.3 Å². The predicted octanol–water partition coefficient (Wildman–Crippen LogP) is 5.23. The van der Waals surface area contributed by atoms with Crippen molar-refractivity contribution < 1.29 is 23.4 Å². The van der Waals surface area contributed by atoms with E-state index in [0.29, 0.717) is 37.4 Å². The number of aromatic amines is 1. The number of carboxylic acid groups (broad SMARTS) is 1. The number of hydrogen-bond donors (Lipinski definition) is 3. The number of nitrogens with zero attached hydrogens (tertiary/aromatic N) is 2. The minimum atomic E-state index is -0.908. The molecule has 0 atom stereocenters. The van der Waals surface area contributed by atoms with Crippen molar-refractivity contribution in [2.75, 3.05) is 18.5 Å². The maximum atomic E-state index is 14.4. The van der Waals surface area contributed by atoms with Crippen LogP contribution in [0, 0.1) is 17.6 Å². The molecule has 0 unspecified atom stereocenters. The van der Waals surface area contributed by atoms with Crippen LogP contribution in [0.3, 0.4) is 0 Å². The van der Waals surface area contributed by atoms with Gasteiger partial charge in [0.25, 0.3) is 0 Å². The summed E-state index contributed by atoms with van der Waals surface area (Å²) in [6.07, 6.45) is 4.33. The number of H-pyrrole nitrogens is 1. The highest BCUT2D eigenvalue weighted by Gasteiger charge is 2.35. The number of benzene rings is 2. The minimum Gasteiger partial charge on any atom is -0.481 e. The first kappa shape index (κ1) is 21.9. The molecule has 3 N–H and O–H groups in total. The third-order valence-corrected chi connectivity index (χ3v) is 7.24. The maximum absolute atomic E-state index is 14.4. The van der Waals surface area contributed by atoms with Crippen LogP contribution in [0.5, 0.6) is 0 Å². The van der Waals surface area contributed by atoms with E-state index in [-0.39, 0.29) is 17.9 Å². The fraction of sp³-hybridized carbons (Fsp3) is 0.346. The quantitative estimate of drug-likeness (QED) is 0.363. The average Bonchev–Trinajstić information content (AvgIpc) is 3.29. The van der Waals surface area contributed by atoms with E-state index in [1.807, 2.05) is 12.1 Å².